The maximum atomic E-state index is 13.1. The molecule has 1 unspecified atom stereocenters. The summed E-state index contributed by atoms with van der Waals surface area (Å²) in [7, 11) is 0. The van der Waals surface area contributed by atoms with Gasteiger partial charge < -0.3 is 15.0 Å². The van der Waals surface area contributed by atoms with Gasteiger partial charge in [0.15, 0.2) is 5.17 Å². The Kier molecular flexibility index (Phi) is 7.08. The lowest BCUT2D eigenvalue weighted by Crippen LogP contribution is -2.38. The minimum absolute atomic E-state index is 0.00837. The van der Waals surface area contributed by atoms with E-state index in [-0.39, 0.29) is 18.9 Å². The highest BCUT2D eigenvalue weighted by Crippen LogP contribution is 2.45. The smallest absolute Gasteiger partial charge is 0.338 e. The molecule has 0 radical (unpaired) electrons. The van der Waals surface area contributed by atoms with Crippen LogP contribution < -0.4 is 5.32 Å². The van der Waals surface area contributed by atoms with Crippen LogP contribution in [0.3, 0.4) is 0 Å². The fraction of sp³-hybridized carbons (Fsp3) is 0.423. The number of hydrogen-bond donors (Lipinski definition) is 1. The molecule has 7 heteroatoms. The van der Waals surface area contributed by atoms with Crippen molar-refractivity contribution in [1.82, 2.24) is 10.2 Å². The Morgan fingerprint density at radius 2 is 2.03 bits per heavy atom. The van der Waals surface area contributed by atoms with Crippen LogP contribution in [0.25, 0.3) is 0 Å². The van der Waals surface area contributed by atoms with Crippen LogP contribution in [-0.4, -0.2) is 35.1 Å². The van der Waals surface area contributed by atoms with E-state index in [0.29, 0.717) is 23.1 Å². The molecule has 1 aliphatic carbocycles. The number of esters is 1. The molecule has 0 spiro atoms. The highest BCUT2D eigenvalue weighted by molar-refractivity contribution is 8.16. The van der Waals surface area contributed by atoms with Gasteiger partial charge in [-0.15, -0.1) is 0 Å². The van der Waals surface area contributed by atoms with Crippen LogP contribution in [0.2, 0.25) is 0 Å². The molecule has 1 saturated carbocycles. The average molecular weight is 466 g/mol. The summed E-state index contributed by atoms with van der Waals surface area (Å²) >= 11 is 1.49. The van der Waals surface area contributed by atoms with Gasteiger partial charge in [0.2, 0.25) is 5.91 Å². The first-order valence-corrected chi connectivity index (χ1v) is 12.4. The number of ether oxygens (including phenoxy) is 1. The highest BCUT2D eigenvalue weighted by Gasteiger charge is 2.41. The lowest BCUT2D eigenvalue weighted by molar-refractivity contribution is -0.138. The fourth-order valence-electron chi connectivity index (χ4n) is 4.03. The number of amidine groups is 1. The number of fused-ring (bicyclic) bond motifs is 1. The van der Waals surface area contributed by atoms with Crippen molar-refractivity contribution in [2.45, 2.75) is 52.0 Å². The highest BCUT2D eigenvalue weighted by atomic mass is 32.2. The SMILES string of the molecule is C=CCOC(=O)C1=C(C)N=C2SC=C(CC(=O)NCC3CC3)N2C1c1ccc(C(C)C)cc1. The van der Waals surface area contributed by atoms with Crippen molar-refractivity contribution in [3.05, 3.63) is 70.4 Å². The van der Waals surface area contributed by atoms with Crippen LogP contribution in [0.4, 0.5) is 0 Å². The second-order valence-electron chi connectivity index (χ2n) is 9.03. The number of thioether (sulfide) groups is 1. The topological polar surface area (TPSA) is 71.0 Å². The fourth-order valence-corrected chi connectivity index (χ4v) is 4.99. The van der Waals surface area contributed by atoms with Crippen LogP contribution in [0, 0.1) is 5.92 Å². The summed E-state index contributed by atoms with van der Waals surface area (Å²) in [5, 5.41) is 5.78. The lowest BCUT2D eigenvalue weighted by atomic mass is 9.92. The van der Waals surface area contributed by atoms with Gasteiger partial charge in [-0.1, -0.05) is 62.5 Å². The van der Waals surface area contributed by atoms with Gasteiger partial charge in [-0.25, -0.2) is 9.79 Å². The van der Waals surface area contributed by atoms with Gasteiger partial charge >= 0.3 is 5.97 Å². The molecule has 1 fully saturated rings. The molecule has 1 aromatic rings. The van der Waals surface area contributed by atoms with Gasteiger partial charge in [-0.3, -0.25) is 4.79 Å². The standard InChI is InChI=1S/C26H31N3O3S/c1-5-12-32-25(31)23-17(4)28-26-29(24(23)20-10-8-19(9-11-20)16(2)3)21(15-33-26)13-22(30)27-14-18-6-7-18/h5,8-11,15-16,18,24H,1,6-7,12-14H2,2-4H3,(H,27,30). The number of amides is 1. The molecule has 33 heavy (non-hydrogen) atoms. The number of carbonyl (C=O) groups excluding carboxylic acids is 2. The molecular formula is C26H31N3O3S. The van der Waals surface area contributed by atoms with Crippen LogP contribution in [-0.2, 0) is 14.3 Å². The minimum atomic E-state index is -0.414. The zero-order valence-electron chi connectivity index (χ0n) is 19.5. The molecule has 174 valence electrons. The van der Waals surface area contributed by atoms with Crippen LogP contribution in [0.15, 0.2) is 64.3 Å². The predicted molar refractivity (Wildman–Crippen MR) is 132 cm³/mol. The number of hydrogen-bond acceptors (Lipinski definition) is 6. The summed E-state index contributed by atoms with van der Waals surface area (Å²) in [5.74, 6) is 0.607. The van der Waals surface area contributed by atoms with Gasteiger partial charge in [-0.2, -0.15) is 0 Å². The quantitative estimate of drug-likeness (QED) is 0.409. The van der Waals surface area contributed by atoms with E-state index in [0.717, 1.165) is 23.0 Å². The molecule has 1 atom stereocenters. The van der Waals surface area contributed by atoms with E-state index in [9.17, 15) is 9.59 Å². The average Bonchev–Trinajstić information content (AvgIpc) is 3.56. The second kappa shape index (κ2) is 10.00. The van der Waals surface area contributed by atoms with Crippen molar-refractivity contribution in [2.75, 3.05) is 13.2 Å². The number of carbonyl (C=O) groups is 2. The summed E-state index contributed by atoms with van der Waals surface area (Å²) in [6, 6.07) is 7.91. The van der Waals surface area contributed by atoms with E-state index >= 15 is 0 Å². The summed E-state index contributed by atoms with van der Waals surface area (Å²) < 4.78 is 5.44. The summed E-state index contributed by atoms with van der Waals surface area (Å²) in [4.78, 5) is 32.5. The van der Waals surface area contributed by atoms with Crippen molar-refractivity contribution >= 4 is 28.8 Å². The minimum Gasteiger partial charge on any atom is -0.458 e. The predicted octanol–water partition coefficient (Wildman–Crippen LogP) is 5.03. The van der Waals surface area contributed by atoms with Crippen LogP contribution in [0.1, 0.15) is 63.1 Å². The van der Waals surface area contributed by atoms with Gasteiger partial charge in [0.1, 0.15) is 6.61 Å². The lowest BCUT2D eigenvalue weighted by Gasteiger charge is -2.36. The Morgan fingerprint density at radius 1 is 1.30 bits per heavy atom. The number of rotatable bonds is 9. The third kappa shape index (κ3) is 5.24. The molecule has 1 aromatic carbocycles. The number of benzene rings is 1. The molecule has 1 N–H and O–H groups in total. The molecule has 2 heterocycles. The summed E-state index contributed by atoms with van der Waals surface area (Å²) in [5.41, 5.74) is 4.15. The monoisotopic (exact) mass is 465 g/mol. The molecule has 3 aliphatic rings. The van der Waals surface area contributed by atoms with E-state index in [2.05, 4.69) is 50.0 Å². The number of nitrogens with zero attached hydrogens (tertiary/aromatic N) is 2. The van der Waals surface area contributed by atoms with E-state index in [1.807, 2.05) is 17.2 Å². The molecular weight excluding hydrogens is 434 g/mol. The van der Waals surface area contributed by atoms with Gasteiger partial charge in [0.05, 0.1) is 23.7 Å². The van der Waals surface area contributed by atoms with E-state index in [1.165, 1.54) is 30.2 Å². The molecule has 6 nitrogen and oxygen atoms in total. The summed E-state index contributed by atoms with van der Waals surface area (Å²) in [6.45, 7) is 10.7. The van der Waals surface area contributed by atoms with E-state index < -0.39 is 12.0 Å². The van der Waals surface area contributed by atoms with Gasteiger partial charge in [-0.05, 0) is 48.1 Å². The van der Waals surface area contributed by atoms with E-state index in [1.54, 1.807) is 6.08 Å². The molecule has 4 rings (SSSR count). The van der Waals surface area contributed by atoms with E-state index in [4.69, 9.17) is 9.73 Å². The Hall–Kier alpha value is -2.80. The molecule has 0 bridgehead atoms. The Balaban J connectivity index is 1.66. The van der Waals surface area contributed by atoms with Gasteiger partial charge in [0, 0.05) is 12.2 Å². The zero-order valence-corrected chi connectivity index (χ0v) is 20.3. The normalized spacial score (nSPS) is 19.8. The Morgan fingerprint density at radius 3 is 2.67 bits per heavy atom. The first-order valence-electron chi connectivity index (χ1n) is 11.5. The van der Waals surface area contributed by atoms with Crippen LogP contribution in [0.5, 0.6) is 0 Å². The van der Waals surface area contributed by atoms with Crippen LogP contribution >= 0.6 is 11.8 Å². The number of nitrogens with one attached hydrogen (secondary N) is 1. The molecule has 0 saturated heterocycles. The van der Waals surface area contributed by atoms with Crippen molar-refractivity contribution in [2.24, 2.45) is 10.9 Å². The molecule has 0 aromatic heterocycles. The number of aliphatic imine (C=N–C) groups is 1. The zero-order chi connectivity index (χ0) is 23.5. The maximum Gasteiger partial charge on any atom is 0.338 e. The Bertz CT molecular complexity index is 1040. The van der Waals surface area contributed by atoms with Crippen molar-refractivity contribution in [1.29, 1.82) is 0 Å². The largest absolute Gasteiger partial charge is 0.458 e. The Labute approximate surface area is 199 Å². The first kappa shape index (κ1) is 23.4. The third-order valence-electron chi connectivity index (χ3n) is 6.10. The summed E-state index contributed by atoms with van der Waals surface area (Å²) in [6.07, 6.45) is 4.18. The van der Waals surface area contributed by atoms with Crippen molar-refractivity contribution in [3.63, 3.8) is 0 Å². The van der Waals surface area contributed by atoms with Crippen molar-refractivity contribution in [3.8, 4) is 0 Å². The third-order valence-corrected chi connectivity index (χ3v) is 6.99. The first-order chi connectivity index (χ1) is 15.9. The van der Waals surface area contributed by atoms with Gasteiger partial charge in [0.25, 0.3) is 0 Å². The maximum absolute atomic E-state index is 13.1. The molecule has 1 amide bonds. The number of allylic oxidation sites excluding steroid dienone is 1. The second-order valence-corrected chi connectivity index (χ2v) is 9.86. The molecule has 2 aliphatic heterocycles. The van der Waals surface area contributed by atoms with Crippen molar-refractivity contribution < 1.29 is 14.3 Å².